The molecule has 1 amide bonds. The Hall–Kier alpha value is -2.49. The minimum absolute atomic E-state index is 0.131. The van der Waals surface area contributed by atoms with Gasteiger partial charge < -0.3 is 14.5 Å². The Labute approximate surface area is 167 Å². The van der Waals surface area contributed by atoms with Crippen LogP contribution < -0.4 is 10.1 Å². The fourth-order valence-corrected chi connectivity index (χ4v) is 4.99. The fourth-order valence-electron chi connectivity index (χ4n) is 4.99. The first kappa shape index (κ1) is 18.9. The van der Waals surface area contributed by atoms with Crippen LogP contribution in [0.25, 0.3) is 0 Å². The van der Waals surface area contributed by atoms with Crippen LogP contribution in [0.5, 0.6) is 5.75 Å². The van der Waals surface area contributed by atoms with E-state index in [1.165, 1.54) is 25.7 Å². The lowest BCUT2D eigenvalue weighted by molar-refractivity contribution is 0.0883. The molecular formula is C24H29NO3. The van der Waals surface area contributed by atoms with Crippen LogP contribution in [0.2, 0.25) is 0 Å². The lowest BCUT2D eigenvalue weighted by atomic mass is 9.84. The van der Waals surface area contributed by atoms with Crippen LogP contribution in [0, 0.1) is 17.8 Å². The third-order valence-electron chi connectivity index (χ3n) is 6.39. The monoisotopic (exact) mass is 379 g/mol. The molecule has 1 aromatic carbocycles. The molecule has 0 spiro atoms. The summed E-state index contributed by atoms with van der Waals surface area (Å²) in [5.74, 6) is 3.96. The second-order valence-corrected chi connectivity index (χ2v) is 8.26. The van der Waals surface area contributed by atoms with Crippen LogP contribution in [0.1, 0.15) is 54.5 Å². The van der Waals surface area contributed by atoms with Crippen molar-refractivity contribution in [1.82, 2.24) is 5.32 Å². The molecule has 2 aliphatic carbocycles. The second-order valence-electron chi connectivity index (χ2n) is 8.26. The predicted molar refractivity (Wildman–Crippen MR) is 109 cm³/mol. The maximum atomic E-state index is 12.6. The molecule has 28 heavy (non-hydrogen) atoms. The average molecular weight is 380 g/mol. The molecule has 2 saturated carbocycles. The Bertz CT molecular complexity index is 840. The van der Waals surface area contributed by atoms with E-state index < -0.39 is 0 Å². The third kappa shape index (κ3) is 4.01. The Kier molecular flexibility index (Phi) is 5.56. The normalized spacial score (nSPS) is 24.1. The highest BCUT2D eigenvalue weighted by Crippen LogP contribution is 2.49. The summed E-state index contributed by atoms with van der Waals surface area (Å²) >= 11 is 0. The van der Waals surface area contributed by atoms with E-state index in [0.29, 0.717) is 24.0 Å². The van der Waals surface area contributed by atoms with Gasteiger partial charge in [-0.15, -0.1) is 6.58 Å². The van der Waals surface area contributed by atoms with Gasteiger partial charge >= 0.3 is 0 Å². The number of benzene rings is 1. The molecule has 4 heteroatoms. The molecule has 1 heterocycles. The minimum atomic E-state index is -0.131. The second kappa shape index (κ2) is 8.26. The van der Waals surface area contributed by atoms with Gasteiger partial charge in [0.15, 0.2) is 5.76 Å². The van der Waals surface area contributed by atoms with Crippen LogP contribution in [0.4, 0.5) is 0 Å². The van der Waals surface area contributed by atoms with Crippen molar-refractivity contribution >= 4 is 5.91 Å². The summed E-state index contributed by atoms with van der Waals surface area (Å²) in [6.07, 6.45) is 7.91. The number of fused-ring (bicyclic) bond motifs is 2. The summed E-state index contributed by atoms with van der Waals surface area (Å²) in [7, 11) is 0. The highest BCUT2D eigenvalue weighted by Gasteiger charge is 2.42. The molecule has 0 radical (unpaired) electrons. The van der Waals surface area contributed by atoms with Crippen LogP contribution in [-0.4, -0.2) is 11.9 Å². The van der Waals surface area contributed by atoms with E-state index in [4.69, 9.17) is 9.15 Å². The van der Waals surface area contributed by atoms with Gasteiger partial charge in [0.05, 0.1) is 0 Å². The summed E-state index contributed by atoms with van der Waals surface area (Å²) in [4.78, 5) is 12.6. The van der Waals surface area contributed by atoms with Crippen molar-refractivity contribution in [3.8, 4) is 5.75 Å². The molecule has 148 valence electrons. The quantitative estimate of drug-likeness (QED) is 0.646. The van der Waals surface area contributed by atoms with Crippen molar-refractivity contribution in [1.29, 1.82) is 0 Å². The van der Waals surface area contributed by atoms with Gasteiger partial charge in [0, 0.05) is 6.04 Å². The molecule has 2 fully saturated rings. The van der Waals surface area contributed by atoms with Gasteiger partial charge in [-0.3, -0.25) is 4.79 Å². The number of furan rings is 1. The van der Waals surface area contributed by atoms with Crippen LogP contribution in [-0.2, 0) is 13.0 Å². The van der Waals surface area contributed by atoms with Crippen molar-refractivity contribution in [2.75, 3.05) is 0 Å². The van der Waals surface area contributed by atoms with E-state index in [1.54, 1.807) is 6.07 Å². The summed E-state index contributed by atoms with van der Waals surface area (Å²) in [6.45, 7) is 6.21. The van der Waals surface area contributed by atoms with Gasteiger partial charge in [-0.1, -0.05) is 30.7 Å². The summed E-state index contributed by atoms with van der Waals surface area (Å²) in [5.41, 5.74) is 1.08. The van der Waals surface area contributed by atoms with Gasteiger partial charge in [0.1, 0.15) is 18.1 Å². The van der Waals surface area contributed by atoms with E-state index in [9.17, 15) is 4.79 Å². The van der Waals surface area contributed by atoms with Gasteiger partial charge in [-0.2, -0.15) is 0 Å². The van der Waals surface area contributed by atoms with Gasteiger partial charge in [-0.25, -0.2) is 0 Å². The number of rotatable bonds is 8. The number of hydrogen-bond donors (Lipinski definition) is 1. The highest BCUT2D eigenvalue weighted by atomic mass is 16.5. The van der Waals surface area contributed by atoms with Crippen molar-refractivity contribution < 1.29 is 13.9 Å². The maximum absolute atomic E-state index is 12.6. The van der Waals surface area contributed by atoms with Crippen LogP contribution in [0.15, 0.2) is 53.5 Å². The molecule has 0 saturated heterocycles. The molecular weight excluding hydrogens is 350 g/mol. The van der Waals surface area contributed by atoms with E-state index in [2.05, 4.69) is 18.8 Å². The molecule has 0 aliphatic heterocycles. The topological polar surface area (TPSA) is 51.5 Å². The number of para-hydroxylation sites is 1. The van der Waals surface area contributed by atoms with E-state index in [-0.39, 0.29) is 11.9 Å². The summed E-state index contributed by atoms with van der Waals surface area (Å²) in [5, 5.41) is 3.15. The summed E-state index contributed by atoms with van der Waals surface area (Å²) < 4.78 is 11.6. The zero-order valence-corrected chi connectivity index (χ0v) is 16.5. The first-order valence-corrected chi connectivity index (χ1v) is 10.3. The van der Waals surface area contributed by atoms with Crippen LogP contribution >= 0.6 is 0 Å². The van der Waals surface area contributed by atoms with Crippen molar-refractivity contribution in [2.24, 2.45) is 17.8 Å². The zero-order valence-electron chi connectivity index (χ0n) is 16.5. The Morgan fingerprint density at radius 3 is 2.89 bits per heavy atom. The highest BCUT2D eigenvalue weighted by molar-refractivity contribution is 5.91. The van der Waals surface area contributed by atoms with E-state index in [0.717, 1.165) is 29.6 Å². The fraction of sp³-hybridized carbons (Fsp3) is 0.458. The lowest BCUT2D eigenvalue weighted by Crippen LogP contribution is -2.40. The number of nitrogens with one attached hydrogen (secondary N) is 1. The first-order chi connectivity index (χ1) is 13.6. The van der Waals surface area contributed by atoms with Crippen molar-refractivity contribution in [2.45, 2.75) is 51.7 Å². The number of hydrogen-bond acceptors (Lipinski definition) is 3. The Balaban J connectivity index is 1.32. The number of carbonyl (C=O) groups excluding carboxylic acids is 1. The molecule has 1 N–H and O–H groups in total. The molecule has 2 bridgehead atoms. The van der Waals surface area contributed by atoms with Gasteiger partial charge in [0.25, 0.3) is 5.91 Å². The molecule has 1 aromatic heterocycles. The number of allylic oxidation sites excluding steroid dienone is 1. The number of amides is 1. The average Bonchev–Trinajstić information content (AvgIpc) is 3.44. The minimum Gasteiger partial charge on any atom is -0.485 e. The van der Waals surface area contributed by atoms with Crippen LogP contribution in [0.3, 0.4) is 0 Å². The van der Waals surface area contributed by atoms with Gasteiger partial charge in [0.2, 0.25) is 0 Å². The third-order valence-corrected chi connectivity index (χ3v) is 6.39. The summed E-state index contributed by atoms with van der Waals surface area (Å²) in [6, 6.07) is 11.6. The van der Waals surface area contributed by atoms with Gasteiger partial charge in [-0.05, 0) is 74.1 Å². The zero-order chi connectivity index (χ0) is 19.5. The SMILES string of the molecule is C=CCc1ccccc1OCc1ccc(C(=O)NC(C)C2CC3CCC2C3)o1. The van der Waals surface area contributed by atoms with Crippen molar-refractivity contribution in [3.63, 3.8) is 0 Å². The lowest BCUT2D eigenvalue weighted by Gasteiger charge is -2.28. The molecule has 2 aromatic rings. The molecule has 2 aliphatic rings. The number of ether oxygens (including phenoxy) is 1. The van der Waals surface area contributed by atoms with E-state index in [1.807, 2.05) is 36.4 Å². The molecule has 4 rings (SSSR count). The molecule has 4 nitrogen and oxygen atoms in total. The standard InChI is InChI=1S/C24H29NO3/c1-3-6-18-7-4-5-8-22(18)27-15-20-11-12-23(28-20)24(26)25-16(2)21-14-17-9-10-19(21)13-17/h3-5,7-8,11-12,16-17,19,21H,1,6,9-10,13-15H2,2H3,(H,25,26). The Morgan fingerprint density at radius 1 is 1.29 bits per heavy atom. The van der Waals surface area contributed by atoms with E-state index >= 15 is 0 Å². The predicted octanol–water partition coefficient (Wildman–Crippen LogP) is 5.14. The number of carbonyl (C=O) groups is 1. The smallest absolute Gasteiger partial charge is 0.287 e. The molecule has 4 atom stereocenters. The largest absolute Gasteiger partial charge is 0.485 e. The van der Waals surface area contributed by atoms with Crippen molar-refractivity contribution in [3.05, 3.63) is 66.1 Å². The Morgan fingerprint density at radius 2 is 2.14 bits per heavy atom. The maximum Gasteiger partial charge on any atom is 0.287 e. The first-order valence-electron chi connectivity index (χ1n) is 10.3. The molecule has 4 unspecified atom stereocenters.